The van der Waals surface area contributed by atoms with Gasteiger partial charge in [-0.25, -0.2) is 0 Å². The lowest BCUT2D eigenvalue weighted by Crippen LogP contribution is -2.21. The van der Waals surface area contributed by atoms with Crippen molar-refractivity contribution in [2.75, 3.05) is 30.8 Å². The van der Waals surface area contributed by atoms with Crippen LogP contribution in [0.3, 0.4) is 0 Å². The van der Waals surface area contributed by atoms with Gasteiger partial charge in [0.15, 0.2) is 0 Å². The molecule has 0 fully saturated rings. The first-order valence-electron chi connectivity index (χ1n) is 6.11. The Morgan fingerprint density at radius 2 is 2.16 bits per heavy atom. The Morgan fingerprint density at radius 3 is 2.84 bits per heavy atom. The maximum atomic E-state index is 11.3. The zero-order chi connectivity index (χ0) is 13.8. The van der Waals surface area contributed by atoms with Crippen LogP contribution in [0, 0.1) is 10.1 Å². The molecule has 1 aromatic rings. The van der Waals surface area contributed by atoms with Crippen LogP contribution in [0.1, 0.15) is 12.0 Å². The summed E-state index contributed by atoms with van der Waals surface area (Å²) in [6.45, 7) is 1.31. The zero-order valence-corrected chi connectivity index (χ0v) is 10.7. The fourth-order valence-electron chi connectivity index (χ4n) is 2.03. The first kappa shape index (κ1) is 13.3. The lowest BCUT2D eigenvalue weighted by Gasteiger charge is -2.18. The van der Waals surface area contributed by atoms with Crippen LogP contribution < -0.4 is 16.0 Å². The highest BCUT2D eigenvalue weighted by Gasteiger charge is 2.22. The highest BCUT2D eigenvalue weighted by atomic mass is 16.6. The largest absolute Gasteiger partial charge is 0.378 e. The van der Waals surface area contributed by atoms with Gasteiger partial charge in [0.1, 0.15) is 5.69 Å². The number of rotatable bonds is 5. The fraction of sp³-hybridized carbons (Fsp3) is 0.417. The number of nitro benzene ring substituents is 1. The summed E-state index contributed by atoms with van der Waals surface area (Å²) in [7, 11) is 1.82. The number of amides is 1. The third-order valence-electron chi connectivity index (χ3n) is 3.00. The second-order valence-corrected chi connectivity index (χ2v) is 4.36. The van der Waals surface area contributed by atoms with E-state index in [1.165, 1.54) is 6.07 Å². The van der Waals surface area contributed by atoms with Crippen LogP contribution in [0.2, 0.25) is 0 Å². The molecule has 19 heavy (non-hydrogen) atoms. The summed E-state index contributed by atoms with van der Waals surface area (Å²) in [5, 5.41) is 19.7. The highest BCUT2D eigenvalue weighted by Crippen LogP contribution is 2.33. The van der Waals surface area contributed by atoms with E-state index in [-0.39, 0.29) is 11.6 Å². The van der Waals surface area contributed by atoms with Gasteiger partial charge in [0.25, 0.3) is 5.69 Å². The van der Waals surface area contributed by atoms with E-state index in [0.717, 1.165) is 5.56 Å². The first-order chi connectivity index (χ1) is 9.11. The second-order valence-electron chi connectivity index (χ2n) is 4.36. The summed E-state index contributed by atoms with van der Waals surface area (Å²) < 4.78 is 0. The SMILES string of the molecule is CNCCNc1cc2c(cc1[N+](=O)[O-])NC(=O)CC2. The van der Waals surface area contributed by atoms with Crippen molar-refractivity contribution in [1.29, 1.82) is 0 Å². The maximum Gasteiger partial charge on any atom is 0.294 e. The normalized spacial score (nSPS) is 13.6. The Hall–Kier alpha value is -2.15. The lowest BCUT2D eigenvalue weighted by atomic mass is 10.0. The summed E-state index contributed by atoms with van der Waals surface area (Å²) in [6.07, 6.45) is 1.03. The number of benzene rings is 1. The number of hydrogen-bond donors (Lipinski definition) is 3. The van der Waals surface area contributed by atoms with Crippen molar-refractivity contribution < 1.29 is 9.72 Å². The molecule has 0 aromatic heterocycles. The third-order valence-corrected chi connectivity index (χ3v) is 3.00. The molecule has 0 atom stereocenters. The molecule has 102 valence electrons. The molecule has 0 saturated carbocycles. The molecule has 0 bridgehead atoms. The van der Waals surface area contributed by atoms with Crippen LogP contribution in [-0.4, -0.2) is 31.0 Å². The molecule has 0 unspecified atom stereocenters. The number of carbonyl (C=O) groups is 1. The van der Waals surface area contributed by atoms with E-state index in [1.807, 2.05) is 7.05 Å². The number of hydrogen-bond acceptors (Lipinski definition) is 5. The van der Waals surface area contributed by atoms with Gasteiger partial charge in [0, 0.05) is 25.6 Å². The Labute approximate surface area is 110 Å². The topological polar surface area (TPSA) is 96.3 Å². The molecule has 7 nitrogen and oxygen atoms in total. The summed E-state index contributed by atoms with van der Waals surface area (Å²) in [4.78, 5) is 21.9. The predicted octanol–water partition coefficient (Wildman–Crippen LogP) is 1.11. The summed E-state index contributed by atoms with van der Waals surface area (Å²) in [5.74, 6) is -0.0994. The summed E-state index contributed by atoms with van der Waals surface area (Å²) >= 11 is 0. The smallest absolute Gasteiger partial charge is 0.294 e. The average Bonchev–Trinajstić information content (AvgIpc) is 2.38. The minimum atomic E-state index is -0.442. The number of nitro groups is 1. The molecule has 1 aliphatic rings. The van der Waals surface area contributed by atoms with Crippen LogP contribution in [0.4, 0.5) is 17.1 Å². The number of nitrogens with one attached hydrogen (secondary N) is 3. The Bertz CT molecular complexity index is 516. The van der Waals surface area contributed by atoms with Gasteiger partial charge in [-0.15, -0.1) is 0 Å². The van der Waals surface area contributed by atoms with Crippen molar-refractivity contribution in [2.45, 2.75) is 12.8 Å². The van der Waals surface area contributed by atoms with Crippen molar-refractivity contribution in [3.05, 3.63) is 27.8 Å². The van der Waals surface area contributed by atoms with Crippen molar-refractivity contribution in [3.8, 4) is 0 Å². The zero-order valence-electron chi connectivity index (χ0n) is 10.7. The van der Waals surface area contributed by atoms with Crippen LogP contribution >= 0.6 is 0 Å². The van der Waals surface area contributed by atoms with Gasteiger partial charge in [0.2, 0.25) is 5.91 Å². The van der Waals surface area contributed by atoms with E-state index in [9.17, 15) is 14.9 Å². The Balaban J connectivity index is 2.30. The summed E-state index contributed by atoms with van der Waals surface area (Å²) in [6, 6.07) is 3.18. The number of anilines is 2. The van der Waals surface area contributed by atoms with Gasteiger partial charge in [-0.3, -0.25) is 14.9 Å². The molecule has 1 aliphatic heterocycles. The van der Waals surface area contributed by atoms with Crippen molar-refractivity contribution in [1.82, 2.24) is 5.32 Å². The molecule has 1 amide bonds. The highest BCUT2D eigenvalue weighted by molar-refractivity contribution is 5.95. The number of carbonyl (C=O) groups excluding carboxylic acids is 1. The van der Waals surface area contributed by atoms with Crippen molar-refractivity contribution in [2.24, 2.45) is 0 Å². The Kier molecular flexibility index (Phi) is 3.96. The predicted molar refractivity (Wildman–Crippen MR) is 72.5 cm³/mol. The van der Waals surface area contributed by atoms with E-state index in [0.29, 0.717) is 37.3 Å². The van der Waals surface area contributed by atoms with E-state index < -0.39 is 4.92 Å². The summed E-state index contributed by atoms with van der Waals surface area (Å²) in [5.41, 5.74) is 1.95. The number of aryl methyl sites for hydroxylation is 1. The van der Waals surface area contributed by atoms with Crippen molar-refractivity contribution in [3.63, 3.8) is 0 Å². The molecule has 0 saturated heterocycles. The van der Waals surface area contributed by atoms with Crippen molar-refractivity contribution >= 4 is 23.0 Å². The van der Waals surface area contributed by atoms with E-state index in [1.54, 1.807) is 6.07 Å². The fourth-order valence-corrected chi connectivity index (χ4v) is 2.03. The molecule has 2 rings (SSSR count). The Morgan fingerprint density at radius 1 is 1.37 bits per heavy atom. The molecule has 1 aromatic carbocycles. The van der Waals surface area contributed by atoms with Gasteiger partial charge >= 0.3 is 0 Å². The van der Waals surface area contributed by atoms with Gasteiger partial charge in [-0.1, -0.05) is 0 Å². The molecular formula is C12H16N4O3. The second kappa shape index (κ2) is 5.66. The lowest BCUT2D eigenvalue weighted by molar-refractivity contribution is -0.383. The van der Waals surface area contributed by atoms with Crippen LogP contribution in [0.15, 0.2) is 12.1 Å². The van der Waals surface area contributed by atoms with E-state index in [4.69, 9.17) is 0 Å². The first-order valence-corrected chi connectivity index (χ1v) is 6.11. The molecular weight excluding hydrogens is 248 g/mol. The van der Waals surface area contributed by atoms with Gasteiger partial charge < -0.3 is 16.0 Å². The molecule has 0 aliphatic carbocycles. The van der Waals surface area contributed by atoms with Crippen LogP contribution in [0.25, 0.3) is 0 Å². The minimum Gasteiger partial charge on any atom is -0.378 e. The molecule has 0 spiro atoms. The monoisotopic (exact) mass is 264 g/mol. The number of fused-ring (bicyclic) bond motifs is 1. The van der Waals surface area contributed by atoms with Crippen LogP contribution in [0.5, 0.6) is 0 Å². The molecule has 1 heterocycles. The average molecular weight is 264 g/mol. The number of likely N-dealkylation sites (N-methyl/N-ethyl adjacent to an activating group) is 1. The molecule has 7 heteroatoms. The maximum absolute atomic E-state index is 11.3. The van der Waals surface area contributed by atoms with E-state index >= 15 is 0 Å². The third kappa shape index (κ3) is 3.00. The quantitative estimate of drug-likeness (QED) is 0.420. The molecule has 0 radical (unpaired) electrons. The standard InChI is InChI=1S/C12H16N4O3/c1-13-4-5-14-10-6-8-2-3-12(17)15-9(8)7-11(10)16(18)19/h6-7,13-14H,2-5H2,1H3,(H,15,17). The van der Waals surface area contributed by atoms with Gasteiger partial charge in [-0.2, -0.15) is 0 Å². The van der Waals surface area contributed by atoms with Crippen LogP contribution in [-0.2, 0) is 11.2 Å². The van der Waals surface area contributed by atoms with Gasteiger partial charge in [0.05, 0.1) is 10.6 Å². The molecule has 3 N–H and O–H groups in total. The number of nitrogens with zero attached hydrogens (tertiary/aromatic N) is 1. The van der Waals surface area contributed by atoms with E-state index in [2.05, 4.69) is 16.0 Å². The van der Waals surface area contributed by atoms with Gasteiger partial charge in [-0.05, 0) is 25.1 Å². The minimum absolute atomic E-state index is 0.0166.